The molecule has 0 bridgehead atoms. The van der Waals surface area contributed by atoms with Crippen molar-refractivity contribution in [2.45, 2.75) is 57.5 Å². The predicted molar refractivity (Wildman–Crippen MR) is 161 cm³/mol. The van der Waals surface area contributed by atoms with Gasteiger partial charge < -0.3 is 14.2 Å². The lowest BCUT2D eigenvalue weighted by atomic mass is 10.0. The quantitative estimate of drug-likeness (QED) is 0.181. The summed E-state index contributed by atoms with van der Waals surface area (Å²) in [7, 11) is 0. The van der Waals surface area contributed by atoms with E-state index in [9.17, 15) is 14.4 Å². The third-order valence-corrected chi connectivity index (χ3v) is 7.71. The number of carbonyl (C=O) groups is 3. The number of benzene rings is 3. The first-order chi connectivity index (χ1) is 20.4. The molecule has 0 N–H and O–H groups in total. The molecule has 3 aromatic carbocycles. The third kappa shape index (κ3) is 7.33. The van der Waals surface area contributed by atoms with Crippen LogP contribution in [0.15, 0.2) is 95.7 Å². The number of pyridine rings is 1. The molecule has 4 aromatic rings. The van der Waals surface area contributed by atoms with Gasteiger partial charge in [0.25, 0.3) is 0 Å². The number of esters is 1. The van der Waals surface area contributed by atoms with Crippen LogP contribution in [-0.2, 0) is 32.1 Å². The number of rotatable bonds is 10. The summed E-state index contributed by atoms with van der Waals surface area (Å²) in [6.45, 7) is 1.84. The number of amides is 2. The van der Waals surface area contributed by atoms with E-state index in [2.05, 4.69) is 20.9 Å². The molecule has 3 atom stereocenters. The second-order valence-corrected chi connectivity index (χ2v) is 11.1. The molecule has 0 spiro atoms. The van der Waals surface area contributed by atoms with Crippen molar-refractivity contribution >= 4 is 44.7 Å². The Morgan fingerprint density at radius 3 is 2.55 bits per heavy atom. The number of likely N-dealkylation sites (tertiary alicyclic amines) is 1. The van der Waals surface area contributed by atoms with Crippen molar-refractivity contribution in [2.24, 2.45) is 0 Å². The monoisotopic (exact) mass is 630 g/mol. The Morgan fingerprint density at radius 2 is 1.76 bits per heavy atom. The molecule has 2 amide bonds. The fourth-order valence-corrected chi connectivity index (χ4v) is 5.33. The molecule has 1 saturated heterocycles. The van der Waals surface area contributed by atoms with Gasteiger partial charge in [-0.05, 0) is 78.4 Å². The number of nitrogens with zero attached hydrogens (tertiary/aromatic N) is 2. The number of carbonyl (C=O) groups excluding carboxylic acids is 3. The van der Waals surface area contributed by atoms with Gasteiger partial charge in [-0.3, -0.25) is 9.78 Å². The standard InChI is InChI=1S/C33H31BrN2O6/c1-22(41-28-13-11-25-18-27(34)12-10-26(25)19-28)30(15-9-23-8-5-17-35-20-23)42-32(38)29-14-16-31(37)36(29)33(39)40-21-24-6-3-2-4-7-24/h2-8,10-13,17-20,22,29-30H,9,14-16,21H2,1H3/t22-,29?,30?/m1/s1. The van der Waals surface area contributed by atoms with Gasteiger partial charge in [-0.15, -0.1) is 0 Å². The molecule has 1 fully saturated rings. The van der Waals surface area contributed by atoms with E-state index in [1.807, 2.05) is 85.8 Å². The third-order valence-electron chi connectivity index (χ3n) is 7.21. The maximum Gasteiger partial charge on any atom is 0.417 e. The van der Waals surface area contributed by atoms with Crippen LogP contribution >= 0.6 is 15.9 Å². The summed E-state index contributed by atoms with van der Waals surface area (Å²) in [5.41, 5.74) is 1.77. The molecule has 216 valence electrons. The number of fused-ring (bicyclic) bond motifs is 1. The summed E-state index contributed by atoms with van der Waals surface area (Å²) in [6.07, 6.45) is 2.71. The van der Waals surface area contributed by atoms with Crippen LogP contribution in [0.4, 0.5) is 4.79 Å². The zero-order chi connectivity index (χ0) is 29.5. The Bertz CT molecular complexity index is 1550. The molecular formula is C33H31BrN2O6. The summed E-state index contributed by atoms with van der Waals surface area (Å²) >= 11 is 3.50. The van der Waals surface area contributed by atoms with E-state index >= 15 is 0 Å². The van der Waals surface area contributed by atoms with Gasteiger partial charge in [0.1, 0.15) is 30.6 Å². The van der Waals surface area contributed by atoms with Gasteiger partial charge >= 0.3 is 12.1 Å². The molecule has 1 aliphatic rings. The first-order valence-corrected chi connectivity index (χ1v) is 14.6. The minimum Gasteiger partial charge on any atom is -0.487 e. The van der Waals surface area contributed by atoms with Gasteiger partial charge in [-0.25, -0.2) is 14.5 Å². The van der Waals surface area contributed by atoms with E-state index in [0.29, 0.717) is 18.6 Å². The van der Waals surface area contributed by atoms with E-state index in [-0.39, 0.29) is 19.4 Å². The summed E-state index contributed by atoms with van der Waals surface area (Å²) in [5.74, 6) is -0.483. The Morgan fingerprint density at radius 1 is 1.00 bits per heavy atom. The topological polar surface area (TPSA) is 95.0 Å². The van der Waals surface area contributed by atoms with Crippen LogP contribution in [0.1, 0.15) is 37.3 Å². The first kappa shape index (κ1) is 29.3. The Balaban J connectivity index is 1.29. The van der Waals surface area contributed by atoms with Gasteiger partial charge in [-0.2, -0.15) is 0 Å². The second-order valence-electron chi connectivity index (χ2n) is 10.2. The highest BCUT2D eigenvalue weighted by Crippen LogP contribution is 2.27. The molecule has 1 aliphatic heterocycles. The Labute approximate surface area is 252 Å². The summed E-state index contributed by atoms with van der Waals surface area (Å²) in [4.78, 5) is 44.0. The fraction of sp³-hybridized carbons (Fsp3) is 0.273. The first-order valence-electron chi connectivity index (χ1n) is 13.9. The summed E-state index contributed by atoms with van der Waals surface area (Å²) in [5, 5.41) is 2.08. The number of halogens is 1. The molecule has 0 radical (unpaired) electrons. The number of aromatic nitrogens is 1. The number of imide groups is 1. The highest BCUT2D eigenvalue weighted by atomic mass is 79.9. The lowest BCUT2D eigenvalue weighted by Gasteiger charge is -2.28. The molecule has 8 nitrogen and oxygen atoms in total. The molecule has 1 aromatic heterocycles. The molecule has 42 heavy (non-hydrogen) atoms. The van der Waals surface area contributed by atoms with Crippen molar-refractivity contribution in [3.8, 4) is 5.75 Å². The van der Waals surface area contributed by atoms with Crippen LogP contribution in [-0.4, -0.2) is 46.1 Å². The van der Waals surface area contributed by atoms with Crippen LogP contribution in [0, 0.1) is 0 Å². The van der Waals surface area contributed by atoms with E-state index in [1.54, 1.807) is 12.4 Å². The fourth-order valence-electron chi connectivity index (χ4n) is 4.96. The predicted octanol–water partition coefficient (Wildman–Crippen LogP) is 6.64. The van der Waals surface area contributed by atoms with Crippen LogP contribution < -0.4 is 4.74 Å². The highest BCUT2D eigenvalue weighted by Gasteiger charge is 2.43. The smallest absolute Gasteiger partial charge is 0.417 e. The zero-order valence-electron chi connectivity index (χ0n) is 23.1. The van der Waals surface area contributed by atoms with Crippen LogP contribution in [0.2, 0.25) is 0 Å². The average Bonchev–Trinajstić information content (AvgIpc) is 3.40. The van der Waals surface area contributed by atoms with Crippen molar-refractivity contribution in [1.29, 1.82) is 0 Å². The summed E-state index contributed by atoms with van der Waals surface area (Å²) < 4.78 is 18.6. The van der Waals surface area contributed by atoms with Crippen molar-refractivity contribution in [3.63, 3.8) is 0 Å². The van der Waals surface area contributed by atoms with E-state index in [4.69, 9.17) is 14.2 Å². The molecule has 0 aliphatic carbocycles. The molecular weight excluding hydrogens is 600 g/mol. The second kappa shape index (κ2) is 13.6. The lowest BCUT2D eigenvalue weighted by molar-refractivity contribution is -0.160. The van der Waals surface area contributed by atoms with Gasteiger partial charge in [0.15, 0.2) is 0 Å². The van der Waals surface area contributed by atoms with Gasteiger partial charge in [0.05, 0.1) is 0 Å². The molecule has 2 heterocycles. The van der Waals surface area contributed by atoms with Gasteiger partial charge in [0, 0.05) is 23.3 Å². The molecule has 5 rings (SSSR count). The SMILES string of the molecule is C[C@@H](Oc1ccc2cc(Br)ccc2c1)C(CCc1cccnc1)OC(=O)C1CCC(=O)N1C(=O)OCc1ccccc1. The Hall–Kier alpha value is -4.24. The van der Waals surface area contributed by atoms with Gasteiger partial charge in [0.2, 0.25) is 5.91 Å². The zero-order valence-corrected chi connectivity index (χ0v) is 24.7. The highest BCUT2D eigenvalue weighted by molar-refractivity contribution is 9.10. The van der Waals surface area contributed by atoms with E-state index < -0.39 is 36.2 Å². The number of hydrogen-bond donors (Lipinski definition) is 0. The van der Waals surface area contributed by atoms with Crippen LogP contribution in [0.5, 0.6) is 5.75 Å². The Kier molecular flexibility index (Phi) is 9.48. The average molecular weight is 632 g/mol. The maximum atomic E-state index is 13.5. The number of hydrogen-bond acceptors (Lipinski definition) is 7. The summed E-state index contributed by atoms with van der Waals surface area (Å²) in [6, 6.07) is 23.7. The van der Waals surface area contributed by atoms with Crippen molar-refractivity contribution < 1.29 is 28.6 Å². The van der Waals surface area contributed by atoms with Crippen molar-refractivity contribution in [3.05, 3.63) is 107 Å². The molecule has 9 heteroatoms. The van der Waals surface area contributed by atoms with Gasteiger partial charge in [-0.1, -0.05) is 64.5 Å². The number of ether oxygens (including phenoxy) is 3. The largest absolute Gasteiger partial charge is 0.487 e. The molecule has 0 saturated carbocycles. The van der Waals surface area contributed by atoms with Crippen molar-refractivity contribution in [1.82, 2.24) is 9.88 Å². The normalized spacial score (nSPS) is 16.2. The minimum absolute atomic E-state index is 0.00740. The van der Waals surface area contributed by atoms with Crippen molar-refractivity contribution in [2.75, 3.05) is 0 Å². The lowest BCUT2D eigenvalue weighted by Crippen LogP contribution is -2.46. The molecule has 2 unspecified atom stereocenters. The van der Waals surface area contributed by atoms with Crippen LogP contribution in [0.3, 0.4) is 0 Å². The van der Waals surface area contributed by atoms with E-state index in [1.165, 1.54) is 0 Å². The van der Waals surface area contributed by atoms with E-state index in [0.717, 1.165) is 31.3 Å². The minimum atomic E-state index is -1.06. The maximum absolute atomic E-state index is 13.5. The number of aryl methyl sites for hydroxylation is 1. The van der Waals surface area contributed by atoms with Crippen LogP contribution in [0.25, 0.3) is 10.8 Å².